The highest BCUT2D eigenvalue weighted by Crippen LogP contribution is 2.44. The minimum absolute atomic E-state index is 0.0852. The van der Waals surface area contributed by atoms with Crippen molar-refractivity contribution >= 4 is 18.0 Å². The summed E-state index contributed by atoms with van der Waals surface area (Å²) in [5.41, 5.74) is 3.23. The molecule has 1 heterocycles. The Morgan fingerprint density at radius 3 is 2.21 bits per heavy atom. The number of ether oxygens (including phenoxy) is 1. The standard InChI is InChI=1S/C25H26N4O5/c1-25(2,23(31)32)28-22(30)21(15-12-26-29(3)13-15)27-24(33)34-14-20-18-10-6-4-8-16(18)17-9-5-7-11-19(17)20/h4-13,20-21H,14H2,1-3H3,(H,27,33)(H,28,30)(H,31,32). The van der Waals surface area contributed by atoms with Crippen molar-refractivity contribution in [3.8, 4) is 11.1 Å². The summed E-state index contributed by atoms with van der Waals surface area (Å²) >= 11 is 0. The Hall–Kier alpha value is -4.14. The average Bonchev–Trinajstić information content (AvgIpc) is 3.37. The third kappa shape index (κ3) is 4.50. The van der Waals surface area contributed by atoms with Crippen LogP contribution in [0.15, 0.2) is 60.9 Å². The van der Waals surface area contributed by atoms with Gasteiger partial charge in [0.2, 0.25) is 5.91 Å². The highest BCUT2D eigenvalue weighted by atomic mass is 16.5. The summed E-state index contributed by atoms with van der Waals surface area (Å²) in [6.45, 7) is 2.81. The molecule has 9 nitrogen and oxygen atoms in total. The molecule has 4 rings (SSSR count). The van der Waals surface area contributed by atoms with E-state index in [2.05, 4.69) is 15.7 Å². The smallest absolute Gasteiger partial charge is 0.408 e. The number of benzene rings is 2. The summed E-state index contributed by atoms with van der Waals surface area (Å²) in [6, 6.07) is 14.8. The fourth-order valence-electron chi connectivity index (χ4n) is 4.08. The molecular weight excluding hydrogens is 436 g/mol. The number of nitrogens with one attached hydrogen (secondary N) is 2. The molecule has 0 saturated heterocycles. The fraction of sp³-hybridized carbons (Fsp3) is 0.280. The van der Waals surface area contributed by atoms with Gasteiger partial charge in [0.05, 0.1) is 6.20 Å². The fourth-order valence-corrected chi connectivity index (χ4v) is 4.08. The van der Waals surface area contributed by atoms with E-state index in [9.17, 15) is 19.5 Å². The summed E-state index contributed by atoms with van der Waals surface area (Å²) in [6.07, 6.45) is 2.21. The predicted molar refractivity (Wildman–Crippen MR) is 124 cm³/mol. The molecule has 0 spiro atoms. The molecule has 1 aliphatic rings. The van der Waals surface area contributed by atoms with Crippen LogP contribution in [0.3, 0.4) is 0 Å². The SMILES string of the molecule is Cn1cc(C(NC(=O)OCC2c3ccccc3-c3ccccc32)C(=O)NC(C)(C)C(=O)O)cn1. The molecule has 176 valence electrons. The van der Waals surface area contributed by atoms with Crippen molar-refractivity contribution in [1.29, 1.82) is 0 Å². The number of nitrogens with zero attached hydrogens (tertiary/aromatic N) is 2. The van der Waals surface area contributed by atoms with E-state index >= 15 is 0 Å². The number of carboxylic acid groups (broad SMARTS) is 1. The van der Waals surface area contributed by atoms with Crippen LogP contribution in [0.1, 0.15) is 42.5 Å². The van der Waals surface area contributed by atoms with E-state index in [4.69, 9.17) is 4.74 Å². The highest BCUT2D eigenvalue weighted by molar-refractivity contribution is 5.91. The number of hydrogen-bond donors (Lipinski definition) is 3. The Kier molecular flexibility index (Phi) is 6.10. The van der Waals surface area contributed by atoms with Crippen molar-refractivity contribution in [2.24, 2.45) is 7.05 Å². The maximum absolute atomic E-state index is 12.9. The number of hydrogen-bond acceptors (Lipinski definition) is 5. The lowest BCUT2D eigenvalue weighted by atomic mass is 9.98. The number of rotatable bonds is 7. The van der Waals surface area contributed by atoms with Crippen LogP contribution in [0, 0.1) is 0 Å². The van der Waals surface area contributed by atoms with E-state index in [0.717, 1.165) is 22.3 Å². The minimum Gasteiger partial charge on any atom is -0.480 e. The Morgan fingerprint density at radius 1 is 1.09 bits per heavy atom. The molecule has 3 aromatic rings. The predicted octanol–water partition coefficient (Wildman–Crippen LogP) is 2.98. The van der Waals surface area contributed by atoms with Gasteiger partial charge in [-0.1, -0.05) is 48.5 Å². The average molecular weight is 463 g/mol. The van der Waals surface area contributed by atoms with Gasteiger partial charge < -0.3 is 20.5 Å². The Morgan fingerprint density at radius 2 is 1.68 bits per heavy atom. The number of aromatic nitrogens is 2. The molecule has 3 N–H and O–H groups in total. The molecule has 2 aromatic carbocycles. The van der Waals surface area contributed by atoms with Crippen molar-refractivity contribution in [2.75, 3.05) is 6.61 Å². The van der Waals surface area contributed by atoms with E-state index < -0.39 is 29.6 Å². The zero-order chi connectivity index (χ0) is 24.5. The van der Waals surface area contributed by atoms with Gasteiger partial charge in [-0.2, -0.15) is 5.10 Å². The maximum Gasteiger partial charge on any atom is 0.408 e. The molecule has 1 atom stereocenters. The zero-order valence-corrected chi connectivity index (χ0v) is 19.1. The first-order valence-corrected chi connectivity index (χ1v) is 10.8. The van der Waals surface area contributed by atoms with Gasteiger partial charge in [-0.15, -0.1) is 0 Å². The Labute approximate surface area is 196 Å². The molecule has 0 radical (unpaired) electrons. The lowest BCUT2D eigenvalue weighted by Gasteiger charge is -2.25. The molecule has 9 heteroatoms. The van der Waals surface area contributed by atoms with Crippen LogP contribution >= 0.6 is 0 Å². The van der Waals surface area contributed by atoms with Crippen molar-refractivity contribution in [3.63, 3.8) is 0 Å². The first-order valence-electron chi connectivity index (χ1n) is 10.8. The number of fused-ring (bicyclic) bond motifs is 3. The van der Waals surface area contributed by atoms with Crippen LogP contribution in [0.2, 0.25) is 0 Å². The number of carboxylic acids is 1. The van der Waals surface area contributed by atoms with Crippen LogP contribution in [-0.4, -0.2) is 45.0 Å². The number of alkyl carbamates (subject to hydrolysis) is 1. The summed E-state index contributed by atoms with van der Waals surface area (Å²) in [4.78, 5) is 37.1. The van der Waals surface area contributed by atoms with E-state index in [1.165, 1.54) is 24.7 Å². The molecular formula is C25H26N4O5. The lowest BCUT2D eigenvalue weighted by molar-refractivity contribution is -0.146. The third-order valence-electron chi connectivity index (χ3n) is 5.90. The molecule has 1 aromatic heterocycles. The van der Waals surface area contributed by atoms with Crippen LogP contribution in [0.5, 0.6) is 0 Å². The number of carbonyl (C=O) groups excluding carboxylic acids is 2. The van der Waals surface area contributed by atoms with Gasteiger partial charge >= 0.3 is 12.1 Å². The highest BCUT2D eigenvalue weighted by Gasteiger charge is 2.34. The topological polar surface area (TPSA) is 123 Å². The number of carbonyl (C=O) groups is 3. The normalized spacial score (nSPS) is 13.5. The molecule has 1 aliphatic carbocycles. The molecule has 2 amide bonds. The monoisotopic (exact) mass is 462 g/mol. The van der Waals surface area contributed by atoms with Crippen molar-refractivity contribution in [1.82, 2.24) is 20.4 Å². The van der Waals surface area contributed by atoms with E-state index in [1.807, 2.05) is 48.5 Å². The van der Waals surface area contributed by atoms with Crippen LogP contribution in [0.4, 0.5) is 4.79 Å². The van der Waals surface area contributed by atoms with Crippen molar-refractivity contribution in [3.05, 3.63) is 77.6 Å². The van der Waals surface area contributed by atoms with Gasteiger partial charge in [0, 0.05) is 24.7 Å². The molecule has 0 saturated carbocycles. The Bertz CT molecular complexity index is 1200. The summed E-state index contributed by atoms with van der Waals surface area (Å²) in [7, 11) is 1.67. The molecule has 0 fully saturated rings. The number of aryl methyl sites for hydroxylation is 1. The first kappa shape index (κ1) is 23.0. The first-order chi connectivity index (χ1) is 16.2. The third-order valence-corrected chi connectivity index (χ3v) is 5.90. The van der Waals surface area contributed by atoms with Crippen molar-refractivity contribution in [2.45, 2.75) is 31.3 Å². The van der Waals surface area contributed by atoms with Crippen LogP contribution in [-0.2, 0) is 21.4 Å². The number of aliphatic carboxylic acids is 1. The van der Waals surface area contributed by atoms with E-state index in [-0.39, 0.29) is 12.5 Å². The van der Waals surface area contributed by atoms with Gasteiger partial charge in [-0.05, 0) is 36.1 Å². The Balaban J connectivity index is 1.50. The zero-order valence-electron chi connectivity index (χ0n) is 19.1. The van der Waals surface area contributed by atoms with Gasteiger partial charge in [0.1, 0.15) is 18.2 Å². The molecule has 34 heavy (non-hydrogen) atoms. The number of amides is 2. The van der Waals surface area contributed by atoms with Crippen LogP contribution in [0.25, 0.3) is 11.1 Å². The molecule has 1 unspecified atom stereocenters. The van der Waals surface area contributed by atoms with Gasteiger partial charge in [-0.25, -0.2) is 9.59 Å². The second-order valence-electron chi connectivity index (χ2n) is 8.77. The van der Waals surface area contributed by atoms with E-state index in [1.54, 1.807) is 13.2 Å². The summed E-state index contributed by atoms with van der Waals surface area (Å²) in [5.74, 6) is -2.02. The second kappa shape index (κ2) is 9.01. The summed E-state index contributed by atoms with van der Waals surface area (Å²) < 4.78 is 7.04. The lowest BCUT2D eigenvalue weighted by Crippen LogP contribution is -2.53. The quantitative estimate of drug-likeness (QED) is 0.496. The largest absolute Gasteiger partial charge is 0.480 e. The molecule has 0 bridgehead atoms. The summed E-state index contributed by atoms with van der Waals surface area (Å²) in [5, 5.41) is 18.4. The maximum atomic E-state index is 12.9. The van der Waals surface area contributed by atoms with Crippen molar-refractivity contribution < 1.29 is 24.2 Å². The molecule has 0 aliphatic heterocycles. The van der Waals surface area contributed by atoms with Gasteiger partial charge in [-0.3, -0.25) is 9.48 Å². The van der Waals surface area contributed by atoms with Gasteiger partial charge in [0.15, 0.2) is 0 Å². The second-order valence-corrected chi connectivity index (χ2v) is 8.77. The van der Waals surface area contributed by atoms with Crippen LogP contribution < -0.4 is 10.6 Å². The van der Waals surface area contributed by atoms with E-state index in [0.29, 0.717) is 5.56 Å². The van der Waals surface area contributed by atoms with Gasteiger partial charge in [0.25, 0.3) is 0 Å². The minimum atomic E-state index is -1.53.